The fourth-order valence-corrected chi connectivity index (χ4v) is 5.88. The minimum absolute atomic E-state index is 0.0342. The SMILES string of the molecule is COc1ccc(S(=O)(=O)N(CC(C)C)C[C@@H](O)[C@H](Cc2ccccc2)NC(=O)Cn2cc(CO)c(=O)[nH]c2=O)cc1. The number of hydrogen-bond donors (Lipinski definition) is 4. The van der Waals surface area contributed by atoms with Crippen molar-refractivity contribution in [2.24, 2.45) is 5.92 Å². The Morgan fingerprint density at radius 3 is 2.32 bits per heavy atom. The van der Waals surface area contributed by atoms with Gasteiger partial charge in [-0.05, 0) is 42.2 Å². The van der Waals surface area contributed by atoms with Crippen molar-refractivity contribution >= 4 is 15.9 Å². The summed E-state index contributed by atoms with van der Waals surface area (Å²) in [5.41, 5.74) is -0.897. The molecular weight excluding hydrogens is 552 g/mol. The van der Waals surface area contributed by atoms with Crippen molar-refractivity contribution in [1.82, 2.24) is 19.2 Å². The van der Waals surface area contributed by atoms with E-state index in [0.717, 1.165) is 16.3 Å². The van der Waals surface area contributed by atoms with E-state index in [4.69, 9.17) is 4.74 Å². The van der Waals surface area contributed by atoms with Crippen LogP contribution >= 0.6 is 0 Å². The number of benzene rings is 2. The fourth-order valence-electron chi connectivity index (χ4n) is 4.25. The van der Waals surface area contributed by atoms with Crippen molar-refractivity contribution in [2.75, 3.05) is 20.2 Å². The number of aliphatic hydroxyl groups excluding tert-OH is 2. The van der Waals surface area contributed by atoms with Crippen LogP contribution in [0, 0.1) is 5.92 Å². The van der Waals surface area contributed by atoms with Gasteiger partial charge in [-0.25, -0.2) is 13.2 Å². The van der Waals surface area contributed by atoms with E-state index in [1.54, 1.807) is 12.1 Å². The maximum Gasteiger partial charge on any atom is 0.328 e. The second kappa shape index (κ2) is 14.2. The molecule has 3 aromatic rings. The number of carbonyl (C=O) groups is 1. The number of amides is 1. The van der Waals surface area contributed by atoms with Gasteiger partial charge < -0.3 is 20.3 Å². The van der Waals surface area contributed by atoms with Gasteiger partial charge >= 0.3 is 5.69 Å². The Balaban J connectivity index is 1.87. The molecule has 4 N–H and O–H groups in total. The van der Waals surface area contributed by atoms with Gasteiger partial charge in [0.25, 0.3) is 5.56 Å². The highest BCUT2D eigenvalue weighted by Crippen LogP contribution is 2.21. The lowest BCUT2D eigenvalue weighted by molar-refractivity contribution is -0.123. The molecule has 13 heteroatoms. The van der Waals surface area contributed by atoms with Crippen LogP contribution in [0.15, 0.2) is 75.3 Å². The van der Waals surface area contributed by atoms with Gasteiger partial charge in [-0.15, -0.1) is 0 Å². The molecule has 1 heterocycles. The van der Waals surface area contributed by atoms with Gasteiger partial charge in [0.2, 0.25) is 15.9 Å². The molecule has 0 aliphatic heterocycles. The molecule has 3 rings (SSSR count). The number of aromatic nitrogens is 2. The maximum absolute atomic E-state index is 13.6. The van der Waals surface area contributed by atoms with E-state index in [1.807, 2.05) is 37.0 Å². The first-order valence-corrected chi connectivity index (χ1v) is 14.5. The number of sulfonamides is 1. The Morgan fingerprint density at radius 1 is 1.07 bits per heavy atom. The summed E-state index contributed by atoms with van der Waals surface area (Å²) in [6.45, 7) is 2.40. The first-order valence-electron chi connectivity index (χ1n) is 13.0. The Labute approximate surface area is 238 Å². The van der Waals surface area contributed by atoms with E-state index in [-0.39, 0.29) is 35.9 Å². The van der Waals surface area contributed by atoms with Crippen molar-refractivity contribution in [1.29, 1.82) is 0 Å². The number of hydrogen-bond acceptors (Lipinski definition) is 8. The Hall–Kier alpha value is -3.78. The lowest BCUT2D eigenvalue weighted by Crippen LogP contribution is -2.52. The van der Waals surface area contributed by atoms with Crippen LogP contribution in [0.2, 0.25) is 0 Å². The molecule has 0 fully saturated rings. The van der Waals surface area contributed by atoms with E-state index < -0.39 is 52.5 Å². The summed E-state index contributed by atoms with van der Waals surface area (Å²) in [5.74, 6) is -0.223. The van der Waals surface area contributed by atoms with Crippen molar-refractivity contribution in [3.05, 3.63) is 92.8 Å². The zero-order valence-corrected chi connectivity index (χ0v) is 24.0. The molecule has 2 atom stereocenters. The number of nitrogens with zero attached hydrogens (tertiary/aromatic N) is 2. The van der Waals surface area contributed by atoms with Gasteiger partial charge in [-0.2, -0.15) is 4.31 Å². The summed E-state index contributed by atoms with van der Waals surface area (Å²) in [4.78, 5) is 39.0. The molecule has 0 unspecified atom stereocenters. The highest BCUT2D eigenvalue weighted by atomic mass is 32.2. The summed E-state index contributed by atoms with van der Waals surface area (Å²) >= 11 is 0. The van der Waals surface area contributed by atoms with Gasteiger partial charge in [0.05, 0.1) is 36.3 Å². The summed E-state index contributed by atoms with van der Waals surface area (Å²) in [7, 11) is -2.54. The topological polar surface area (TPSA) is 171 Å². The van der Waals surface area contributed by atoms with E-state index >= 15 is 0 Å². The van der Waals surface area contributed by atoms with Crippen LogP contribution in [0.5, 0.6) is 5.75 Å². The predicted octanol–water partition coefficient (Wildman–Crippen LogP) is 0.473. The van der Waals surface area contributed by atoms with E-state index in [9.17, 15) is 33.0 Å². The number of rotatable bonds is 14. The van der Waals surface area contributed by atoms with Gasteiger partial charge in [0, 0.05) is 19.3 Å². The van der Waals surface area contributed by atoms with Crippen LogP contribution in [0.4, 0.5) is 0 Å². The average molecular weight is 589 g/mol. The highest BCUT2D eigenvalue weighted by molar-refractivity contribution is 7.89. The molecule has 1 aromatic heterocycles. The van der Waals surface area contributed by atoms with Gasteiger partial charge in [-0.3, -0.25) is 19.1 Å². The second-order valence-electron chi connectivity index (χ2n) is 10.0. The Bertz CT molecular complexity index is 1520. The molecule has 2 aromatic carbocycles. The standard InChI is InChI=1S/C28H36N4O8S/c1-19(2)14-32(41(38,39)23-11-9-22(40-3)10-12-23)16-25(34)24(13-20-7-5-4-6-8-20)29-26(35)17-31-15-21(18-33)27(36)30-28(31)37/h4-12,15,19,24-25,33-34H,13-14,16-18H2,1-3H3,(H,29,35)(H,30,36,37)/t24-,25+/m0/s1. The molecule has 1 amide bonds. The van der Waals surface area contributed by atoms with Crippen molar-refractivity contribution < 1.29 is 28.2 Å². The first-order chi connectivity index (χ1) is 19.4. The number of ether oxygens (including phenoxy) is 1. The minimum atomic E-state index is -4.01. The van der Waals surface area contributed by atoms with Crippen LogP contribution in [0.25, 0.3) is 0 Å². The van der Waals surface area contributed by atoms with Crippen molar-refractivity contribution in [3.8, 4) is 5.75 Å². The molecule has 0 aliphatic carbocycles. The predicted molar refractivity (Wildman–Crippen MR) is 152 cm³/mol. The number of nitrogens with one attached hydrogen (secondary N) is 2. The van der Waals surface area contributed by atoms with Crippen LogP contribution in [-0.2, 0) is 34.4 Å². The first kappa shape index (κ1) is 31.7. The third kappa shape index (κ3) is 8.60. The third-order valence-corrected chi connectivity index (χ3v) is 8.18. The molecule has 0 saturated carbocycles. The average Bonchev–Trinajstić information content (AvgIpc) is 2.94. The number of methoxy groups -OCH3 is 1. The molecule has 41 heavy (non-hydrogen) atoms. The Morgan fingerprint density at radius 2 is 1.73 bits per heavy atom. The molecule has 0 bridgehead atoms. The zero-order valence-electron chi connectivity index (χ0n) is 23.2. The number of aromatic amines is 1. The van der Waals surface area contributed by atoms with E-state index in [2.05, 4.69) is 5.32 Å². The number of aliphatic hydroxyl groups is 2. The van der Waals surface area contributed by atoms with Crippen LogP contribution in [0.3, 0.4) is 0 Å². The monoisotopic (exact) mass is 588 g/mol. The number of H-pyrrole nitrogens is 1. The molecule has 222 valence electrons. The summed E-state index contributed by atoms with van der Waals surface area (Å²) < 4.78 is 34.4. The molecular formula is C28H36N4O8S. The number of carbonyl (C=O) groups excluding carboxylic acids is 1. The molecule has 0 spiro atoms. The van der Waals surface area contributed by atoms with Crippen LogP contribution < -0.4 is 21.3 Å². The minimum Gasteiger partial charge on any atom is -0.497 e. The Kier molecular flexibility index (Phi) is 11.0. The summed E-state index contributed by atoms with van der Waals surface area (Å²) in [5, 5.41) is 23.4. The highest BCUT2D eigenvalue weighted by Gasteiger charge is 2.31. The van der Waals surface area contributed by atoms with E-state index in [0.29, 0.717) is 5.75 Å². The molecule has 0 radical (unpaired) electrons. The molecule has 12 nitrogen and oxygen atoms in total. The summed E-state index contributed by atoms with van der Waals surface area (Å²) in [6.07, 6.45) is -0.0603. The molecule has 0 saturated heterocycles. The van der Waals surface area contributed by atoms with Crippen LogP contribution in [0.1, 0.15) is 25.0 Å². The normalized spacial score (nSPS) is 13.2. The fraction of sp³-hybridized carbons (Fsp3) is 0.393. The van der Waals surface area contributed by atoms with Gasteiger partial charge in [0.15, 0.2) is 0 Å². The smallest absolute Gasteiger partial charge is 0.328 e. The third-order valence-electron chi connectivity index (χ3n) is 6.33. The van der Waals surface area contributed by atoms with Crippen molar-refractivity contribution in [3.63, 3.8) is 0 Å². The lowest BCUT2D eigenvalue weighted by Gasteiger charge is -2.31. The quantitative estimate of drug-likeness (QED) is 0.211. The largest absolute Gasteiger partial charge is 0.497 e. The van der Waals surface area contributed by atoms with Gasteiger partial charge in [-0.1, -0.05) is 44.2 Å². The lowest BCUT2D eigenvalue weighted by atomic mass is 10.0. The maximum atomic E-state index is 13.6. The summed E-state index contributed by atoms with van der Waals surface area (Å²) in [6, 6.07) is 14.1. The van der Waals surface area contributed by atoms with Gasteiger partial charge in [0.1, 0.15) is 12.3 Å². The zero-order chi connectivity index (χ0) is 30.2. The molecule has 0 aliphatic rings. The van der Waals surface area contributed by atoms with E-state index in [1.165, 1.54) is 35.7 Å². The van der Waals surface area contributed by atoms with Crippen LogP contribution in [-0.4, -0.2) is 70.7 Å². The van der Waals surface area contributed by atoms with Crippen molar-refractivity contribution in [2.45, 2.75) is 50.5 Å². The second-order valence-corrected chi connectivity index (χ2v) is 12.0.